The van der Waals surface area contributed by atoms with E-state index in [0.717, 1.165) is 4.47 Å². The molecule has 0 aliphatic rings. The van der Waals surface area contributed by atoms with Crippen molar-refractivity contribution in [3.63, 3.8) is 0 Å². The van der Waals surface area contributed by atoms with Crippen molar-refractivity contribution in [2.24, 2.45) is 0 Å². The molecular formula is C14H12BrFN2O2. The van der Waals surface area contributed by atoms with Crippen LogP contribution >= 0.6 is 15.9 Å². The zero-order valence-corrected chi connectivity index (χ0v) is 12.2. The lowest BCUT2D eigenvalue weighted by atomic mass is 10.1. The maximum atomic E-state index is 13.5. The topological polar surface area (TPSA) is 64.3 Å². The Morgan fingerprint density at radius 1 is 1.30 bits per heavy atom. The standard InChI is InChI=1S/C14H12BrFN2O2/c1-20-13-5-3-9(7-11(13)16)18-14(19)10-6-8(15)2-4-12(10)17/h2-7H,17H2,1H3,(H,18,19). The van der Waals surface area contributed by atoms with E-state index < -0.39 is 11.7 Å². The third-order valence-electron chi connectivity index (χ3n) is 2.67. The summed E-state index contributed by atoms with van der Waals surface area (Å²) < 4.78 is 19.1. The molecule has 1 amide bonds. The Bertz CT molecular complexity index is 662. The monoisotopic (exact) mass is 338 g/mol. The highest BCUT2D eigenvalue weighted by atomic mass is 79.9. The predicted octanol–water partition coefficient (Wildman–Crippen LogP) is 3.43. The minimum absolute atomic E-state index is 0.116. The van der Waals surface area contributed by atoms with Crippen molar-refractivity contribution in [2.45, 2.75) is 0 Å². The summed E-state index contributed by atoms with van der Waals surface area (Å²) in [6, 6.07) is 9.13. The zero-order valence-electron chi connectivity index (χ0n) is 10.6. The molecule has 0 aliphatic heterocycles. The van der Waals surface area contributed by atoms with Crippen LogP contribution in [0.4, 0.5) is 15.8 Å². The largest absolute Gasteiger partial charge is 0.494 e. The fourth-order valence-corrected chi connectivity index (χ4v) is 2.03. The van der Waals surface area contributed by atoms with Gasteiger partial charge in [-0.15, -0.1) is 0 Å². The van der Waals surface area contributed by atoms with Gasteiger partial charge in [0.25, 0.3) is 5.91 Å². The first-order valence-electron chi connectivity index (χ1n) is 5.71. The summed E-state index contributed by atoms with van der Waals surface area (Å²) in [6.45, 7) is 0. The highest BCUT2D eigenvalue weighted by Gasteiger charge is 2.12. The van der Waals surface area contributed by atoms with Gasteiger partial charge in [0, 0.05) is 21.9 Å². The van der Waals surface area contributed by atoms with Crippen LogP contribution in [0.25, 0.3) is 0 Å². The van der Waals surface area contributed by atoms with Crippen LogP contribution in [-0.2, 0) is 0 Å². The molecule has 0 aromatic heterocycles. The van der Waals surface area contributed by atoms with Crippen LogP contribution in [0.3, 0.4) is 0 Å². The van der Waals surface area contributed by atoms with Crippen molar-refractivity contribution >= 4 is 33.2 Å². The maximum absolute atomic E-state index is 13.5. The summed E-state index contributed by atoms with van der Waals surface area (Å²) in [4.78, 5) is 12.1. The van der Waals surface area contributed by atoms with Crippen molar-refractivity contribution in [3.8, 4) is 5.75 Å². The first-order chi connectivity index (χ1) is 9.51. The number of nitrogens with one attached hydrogen (secondary N) is 1. The molecule has 0 saturated carbocycles. The molecule has 0 spiro atoms. The molecule has 0 bridgehead atoms. The number of anilines is 2. The number of methoxy groups -OCH3 is 1. The molecule has 0 fully saturated rings. The number of benzene rings is 2. The smallest absolute Gasteiger partial charge is 0.257 e. The molecule has 0 unspecified atom stereocenters. The van der Waals surface area contributed by atoms with Gasteiger partial charge in [-0.05, 0) is 30.3 Å². The van der Waals surface area contributed by atoms with Crippen molar-refractivity contribution in [2.75, 3.05) is 18.2 Å². The van der Waals surface area contributed by atoms with E-state index in [1.807, 2.05) is 0 Å². The second-order valence-corrected chi connectivity index (χ2v) is 4.95. The summed E-state index contributed by atoms with van der Waals surface area (Å²) in [5.41, 5.74) is 6.73. The van der Waals surface area contributed by atoms with Gasteiger partial charge in [-0.2, -0.15) is 0 Å². The average Bonchev–Trinajstić information content (AvgIpc) is 2.41. The number of ether oxygens (including phenoxy) is 1. The van der Waals surface area contributed by atoms with Gasteiger partial charge in [-0.3, -0.25) is 4.79 Å². The van der Waals surface area contributed by atoms with Crippen molar-refractivity contribution in [3.05, 3.63) is 52.3 Å². The van der Waals surface area contributed by atoms with Crippen molar-refractivity contribution < 1.29 is 13.9 Å². The minimum atomic E-state index is -0.549. The molecule has 2 aromatic rings. The lowest BCUT2D eigenvalue weighted by Gasteiger charge is -2.09. The zero-order chi connectivity index (χ0) is 14.7. The van der Waals surface area contributed by atoms with Gasteiger partial charge in [-0.25, -0.2) is 4.39 Å². The number of carbonyl (C=O) groups is 1. The van der Waals surface area contributed by atoms with Crippen LogP contribution in [0.1, 0.15) is 10.4 Å². The van der Waals surface area contributed by atoms with E-state index in [9.17, 15) is 9.18 Å². The molecule has 104 valence electrons. The van der Waals surface area contributed by atoms with Crippen LogP contribution < -0.4 is 15.8 Å². The van der Waals surface area contributed by atoms with Crippen LogP contribution in [0.15, 0.2) is 40.9 Å². The lowest BCUT2D eigenvalue weighted by Crippen LogP contribution is -2.14. The van der Waals surface area contributed by atoms with Gasteiger partial charge in [0.1, 0.15) is 0 Å². The molecule has 0 saturated heterocycles. The number of amides is 1. The second-order valence-electron chi connectivity index (χ2n) is 4.04. The summed E-state index contributed by atoms with van der Waals surface area (Å²) in [5, 5.41) is 2.58. The van der Waals surface area contributed by atoms with E-state index in [0.29, 0.717) is 16.9 Å². The normalized spacial score (nSPS) is 10.2. The van der Waals surface area contributed by atoms with E-state index in [-0.39, 0.29) is 5.75 Å². The Balaban J connectivity index is 2.23. The molecule has 3 N–H and O–H groups in total. The number of rotatable bonds is 3. The number of hydrogen-bond donors (Lipinski definition) is 2. The van der Waals surface area contributed by atoms with Gasteiger partial charge < -0.3 is 15.8 Å². The maximum Gasteiger partial charge on any atom is 0.257 e. The molecule has 6 heteroatoms. The minimum Gasteiger partial charge on any atom is -0.494 e. The van der Waals surface area contributed by atoms with Crippen LogP contribution in [0.2, 0.25) is 0 Å². The summed E-state index contributed by atoms with van der Waals surface area (Å²) >= 11 is 3.27. The number of hydrogen-bond acceptors (Lipinski definition) is 3. The molecule has 0 aliphatic carbocycles. The van der Waals surface area contributed by atoms with E-state index in [1.54, 1.807) is 24.3 Å². The second kappa shape index (κ2) is 5.92. The van der Waals surface area contributed by atoms with E-state index in [1.165, 1.54) is 19.2 Å². The van der Waals surface area contributed by atoms with Gasteiger partial charge >= 0.3 is 0 Å². The number of halogens is 2. The Kier molecular flexibility index (Phi) is 4.24. The molecule has 0 atom stereocenters. The Morgan fingerprint density at radius 3 is 2.70 bits per heavy atom. The first-order valence-corrected chi connectivity index (χ1v) is 6.50. The van der Waals surface area contributed by atoms with Crippen molar-refractivity contribution in [1.29, 1.82) is 0 Å². The molecule has 0 heterocycles. The fraction of sp³-hybridized carbons (Fsp3) is 0.0714. The molecule has 4 nitrogen and oxygen atoms in total. The van der Waals surface area contributed by atoms with Crippen LogP contribution in [0.5, 0.6) is 5.75 Å². The lowest BCUT2D eigenvalue weighted by molar-refractivity contribution is 0.102. The van der Waals surface area contributed by atoms with E-state index in [2.05, 4.69) is 21.2 Å². The van der Waals surface area contributed by atoms with Gasteiger partial charge in [0.05, 0.1) is 12.7 Å². The van der Waals surface area contributed by atoms with Gasteiger partial charge in [0.15, 0.2) is 11.6 Å². The molecule has 2 aromatic carbocycles. The van der Waals surface area contributed by atoms with Crippen molar-refractivity contribution in [1.82, 2.24) is 0 Å². The van der Waals surface area contributed by atoms with Gasteiger partial charge in [-0.1, -0.05) is 15.9 Å². The van der Waals surface area contributed by atoms with Gasteiger partial charge in [0.2, 0.25) is 0 Å². The summed E-state index contributed by atoms with van der Waals surface area (Å²) in [7, 11) is 1.37. The highest BCUT2D eigenvalue weighted by Crippen LogP contribution is 2.23. The quantitative estimate of drug-likeness (QED) is 0.842. The Labute approximate surface area is 123 Å². The highest BCUT2D eigenvalue weighted by molar-refractivity contribution is 9.10. The third kappa shape index (κ3) is 3.08. The average molecular weight is 339 g/mol. The molecule has 0 radical (unpaired) electrons. The number of nitrogens with two attached hydrogens (primary N) is 1. The number of nitrogen functional groups attached to an aromatic ring is 1. The van der Waals surface area contributed by atoms with E-state index >= 15 is 0 Å². The Morgan fingerprint density at radius 2 is 2.05 bits per heavy atom. The summed E-state index contributed by atoms with van der Waals surface area (Å²) in [5.74, 6) is -0.842. The van der Waals surface area contributed by atoms with E-state index in [4.69, 9.17) is 10.5 Å². The molecular weight excluding hydrogens is 327 g/mol. The fourth-order valence-electron chi connectivity index (χ4n) is 1.67. The SMILES string of the molecule is COc1ccc(NC(=O)c2cc(Br)ccc2N)cc1F. The predicted molar refractivity (Wildman–Crippen MR) is 79.5 cm³/mol. The third-order valence-corrected chi connectivity index (χ3v) is 3.16. The van der Waals surface area contributed by atoms with Crippen LogP contribution in [-0.4, -0.2) is 13.0 Å². The molecule has 2 rings (SSSR count). The van der Waals surface area contributed by atoms with Crippen LogP contribution in [0, 0.1) is 5.82 Å². The molecule has 20 heavy (non-hydrogen) atoms. The number of carbonyl (C=O) groups excluding carboxylic acids is 1. The first kappa shape index (κ1) is 14.3. The summed E-state index contributed by atoms with van der Waals surface area (Å²) in [6.07, 6.45) is 0. The Hall–Kier alpha value is -2.08.